The van der Waals surface area contributed by atoms with Crippen molar-refractivity contribution in [2.24, 2.45) is 0 Å². The van der Waals surface area contributed by atoms with Crippen molar-refractivity contribution in [1.82, 2.24) is 0 Å². The van der Waals surface area contributed by atoms with Crippen LogP contribution in [0.2, 0.25) is 5.02 Å². The van der Waals surface area contributed by atoms with Crippen LogP contribution in [0.4, 0.5) is 5.69 Å². The second-order valence-corrected chi connectivity index (χ2v) is 4.27. The van der Waals surface area contributed by atoms with Gasteiger partial charge in [0.25, 0.3) is 0 Å². The molecule has 0 unspecified atom stereocenters. The Morgan fingerprint density at radius 2 is 1.89 bits per heavy atom. The largest absolute Gasteiger partial charge is 0.398 e. The predicted octanol–water partition coefficient (Wildman–Crippen LogP) is 2.49. The van der Waals surface area contributed by atoms with Gasteiger partial charge in [0, 0.05) is 20.3 Å². The van der Waals surface area contributed by atoms with E-state index < -0.39 is 0 Å². The molecule has 1 aromatic carbocycles. The third kappa shape index (κ3) is 6.21. The Hall–Kier alpha value is -0.810. The first kappa shape index (κ1) is 15.2. The van der Waals surface area contributed by atoms with Crippen molar-refractivity contribution in [3.8, 4) is 0 Å². The molecule has 0 amide bonds. The first-order chi connectivity index (χ1) is 8.74. The van der Waals surface area contributed by atoms with Gasteiger partial charge in [0.1, 0.15) is 0 Å². The number of anilines is 1. The van der Waals surface area contributed by atoms with Crippen LogP contribution < -0.4 is 5.73 Å². The van der Waals surface area contributed by atoms with E-state index in [0.717, 1.165) is 18.6 Å². The van der Waals surface area contributed by atoms with Gasteiger partial charge in [-0.05, 0) is 24.1 Å². The molecule has 0 aliphatic carbocycles. The third-order valence-corrected chi connectivity index (χ3v) is 2.68. The zero-order chi connectivity index (χ0) is 13.2. The summed E-state index contributed by atoms with van der Waals surface area (Å²) in [6.07, 6.45) is 0.907. The number of hydrogen-bond acceptors (Lipinski definition) is 4. The van der Waals surface area contributed by atoms with Crippen molar-refractivity contribution in [1.29, 1.82) is 0 Å². The minimum atomic E-state index is 0.517. The maximum Gasteiger partial charge on any atom is 0.0718 e. The van der Waals surface area contributed by atoms with Crippen LogP contribution in [-0.4, -0.2) is 33.5 Å². The molecule has 0 atom stereocenters. The Balaban J connectivity index is 2.05. The van der Waals surface area contributed by atoms with Crippen molar-refractivity contribution in [2.75, 3.05) is 39.3 Å². The second-order valence-electron chi connectivity index (χ2n) is 3.87. The van der Waals surface area contributed by atoms with Gasteiger partial charge in [-0.1, -0.05) is 17.7 Å². The summed E-state index contributed by atoms with van der Waals surface area (Å²) in [5.41, 5.74) is 7.28. The van der Waals surface area contributed by atoms with Gasteiger partial charge in [0.05, 0.1) is 30.5 Å². The molecule has 0 saturated heterocycles. The molecule has 0 saturated carbocycles. The zero-order valence-corrected chi connectivity index (χ0v) is 11.4. The van der Waals surface area contributed by atoms with E-state index >= 15 is 0 Å². The number of halogens is 1. The van der Waals surface area contributed by atoms with Crippen LogP contribution in [0.1, 0.15) is 12.0 Å². The van der Waals surface area contributed by atoms with Gasteiger partial charge in [-0.25, -0.2) is 0 Å². The number of benzene rings is 1. The van der Waals surface area contributed by atoms with Crippen LogP contribution >= 0.6 is 11.6 Å². The Morgan fingerprint density at radius 3 is 2.61 bits per heavy atom. The lowest BCUT2D eigenvalue weighted by Crippen LogP contribution is -2.06. The average molecular weight is 274 g/mol. The average Bonchev–Trinajstić information content (AvgIpc) is 2.37. The highest BCUT2D eigenvalue weighted by Gasteiger charge is 1.98. The number of nitrogens with two attached hydrogens (primary N) is 1. The normalized spacial score (nSPS) is 10.8. The van der Waals surface area contributed by atoms with Crippen molar-refractivity contribution in [3.05, 3.63) is 28.8 Å². The molecule has 102 valence electrons. The van der Waals surface area contributed by atoms with Gasteiger partial charge in [-0.3, -0.25) is 0 Å². The van der Waals surface area contributed by atoms with Crippen molar-refractivity contribution >= 4 is 17.3 Å². The number of rotatable bonds is 9. The van der Waals surface area contributed by atoms with Gasteiger partial charge in [0.15, 0.2) is 0 Å². The molecule has 0 aliphatic rings. The summed E-state index contributed by atoms with van der Waals surface area (Å²) in [7, 11) is 1.68. The Kier molecular flexibility index (Phi) is 7.76. The van der Waals surface area contributed by atoms with Gasteiger partial charge in [-0.15, -0.1) is 0 Å². The van der Waals surface area contributed by atoms with Gasteiger partial charge < -0.3 is 19.9 Å². The summed E-state index contributed by atoms with van der Waals surface area (Å²) in [6, 6.07) is 5.50. The molecule has 5 heteroatoms. The first-order valence-corrected chi connectivity index (χ1v) is 6.30. The van der Waals surface area contributed by atoms with Crippen molar-refractivity contribution in [2.45, 2.75) is 13.0 Å². The maximum atomic E-state index is 5.83. The second kappa shape index (κ2) is 9.16. The summed E-state index contributed by atoms with van der Waals surface area (Å²) in [5, 5.41) is 0.570. The van der Waals surface area contributed by atoms with E-state index in [1.54, 1.807) is 13.2 Å². The highest BCUT2D eigenvalue weighted by atomic mass is 35.5. The van der Waals surface area contributed by atoms with E-state index in [0.29, 0.717) is 37.1 Å². The summed E-state index contributed by atoms with van der Waals surface area (Å²) in [6.45, 7) is 3.10. The fourth-order valence-electron chi connectivity index (χ4n) is 1.40. The Bertz CT molecular complexity index is 347. The number of nitrogen functional groups attached to an aromatic ring is 1. The number of methoxy groups -OCH3 is 1. The first-order valence-electron chi connectivity index (χ1n) is 5.92. The lowest BCUT2D eigenvalue weighted by molar-refractivity contribution is 0.0337. The molecule has 0 bridgehead atoms. The highest BCUT2D eigenvalue weighted by molar-refractivity contribution is 6.33. The maximum absolute atomic E-state index is 5.83. The Morgan fingerprint density at radius 1 is 1.11 bits per heavy atom. The smallest absolute Gasteiger partial charge is 0.0718 e. The molecule has 1 aromatic rings. The quantitative estimate of drug-likeness (QED) is 0.555. The number of hydrogen-bond donors (Lipinski definition) is 1. The lowest BCUT2D eigenvalue weighted by atomic mass is 10.2. The van der Waals surface area contributed by atoms with E-state index in [1.807, 2.05) is 12.1 Å². The van der Waals surface area contributed by atoms with Gasteiger partial charge in [0.2, 0.25) is 0 Å². The molecule has 0 aromatic heterocycles. The molecule has 0 heterocycles. The third-order valence-electron chi connectivity index (χ3n) is 2.34. The minimum absolute atomic E-state index is 0.517. The van der Waals surface area contributed by atoms with E-state index in [2.05, 4.69) is 0 Å². The zero-order valence-electron chi connectivity index (χ0n) is 10.7. The summed E-state index contributed by atoms with van der Waals surface area (Å²) >= 11 is 5.83. The van der Waals surface area contributed by atoms with Crippen LogP contribution in [0.3, 0.4) is 0 Å². The van der Waals surface area contributed by atoms with Crippen LogP contribution in [-0.2, 0) is 20.8 Å². The molecule has 0 aliphatic heterocycles. The van der Waals surface area contributed by atoms with E-state index in [4.69, 9.17) is 31.5 Å². The molecule has 0 radical (unpaired) electrons. The van der Waals surface area contributed by atoms with Crippen LogP contribution in [0, 0.1) is 0 Å². The minimum Gasteiger partial charge on any atom is -0.398 e. The molecule has 18 heavy (non-hydrogen) atoms. The van der Waals surface area contributed by atoms with Crippen LogP contribution in [0.5, 0.6) is 0 Å². The van der Waals surface area contributed by atoms with E-state index in [1.165, 1.54) is 0 Å². The monoisotopic (exact) mass is 273 g/mol. The fourth-order valence-corrected chi connectivity index (χ4v) is 1.52. The SMILES string of the molecule is COCCCOCCOCc1ccc(Cl)c(N)c1. The number of ether oxygens (including phenoxy) is 3. The fraction of sp³-hybridized carbons (Fsp3) is 0.538. The van der Waals surface area contributed by atoms with Gasteiger partial charge >= 0.3 is 0 Å². The molecule has 2 N–H and O–H groups in total. The summed E-state index contributed by atoms with van der Waals surface area (Å²) < 4.78 is 15.7. The van der Waals surface area contributed by atoms with Crippen molar-refractivity contribution in [3.63, 3.8) is 0 Å². The molecule has 0 fully saturated rings. The molecular weight excluding hydrogens is 254 g/mol. The van der Waals surface area contributed by atoms with Gasteiger partial charge in [-0.2, -0.15) is 0 Å². The molecular formula is C13H20ClNO3. The van der Waals surface area contributed by atoms with E-state index in [9.17, 15) is 0 Å². The molecule has 4 nitrogen and oxygen atoms in total. The van der Waals surface area contributed by atoms with Crippen molar-refractivity contribution < 1.29 is 14.2 Å². The van der Waals surface area contributed by atoms with E-state index in [-0.39, 0.29) is 0 Å². The molecule has 1 rings (SSSR count). The summed E-state index contributed by atoms with van der Waals surface area (Å²) in [4.78, 5) is 0. The predicted molar refractivity (Wildman–Crippen MR) is 72.8 cm³/mol. The topological polar surface area (TPSA) is 53.7 Å². The molecule has 0 spiro atoms. The van der Waals surface area contributed by atoms with Crippen LogP contribution in [0.15, 0.2) is 18.2 Å². The van der Waals surface area contributed by atoms with Crippen LogP contribution in [0.25, 0.3) is 0 Å². The lowest BCUT2D eigenvalue weighted by Gasteiger charge is -2.07. The Labute approximate surface area is 113 Å². The highest BCUT2D eigenvalue weighted by Crippen LogP contribution is 2.19. The standard InChI is InChI=1S/C13H20ClNO3/c1-16-5-2-6-17-7-8-18-10-11-3-4-12(14)13(15)9-11/h3-4,9H,2,5-8,10,15H2,1H3. The summed E-state index contributed by atoms with van der Waals surface area (Å²) in [5.74, 6) is 0.